The maximum atomic E-state index is 13.1. The van der Waals surface area contributed by atoms with Crippen LogP contribution >= 0.6 is 0 Å². The number of hydrogen-bond donors (Lipinski definition) is 0. The number of rotatable bonds is 14. The summed E-state index contributed by atoms with van der Waals surface area (Å²) < 4.78 is 10.8. The summed E-state index contributed by atoms with van der Waals surface area (Å²) in [6.07, 6.45) is 7.15. The Morgan fingerprint density at radius 3 is 2.12 bits per heavy atom. The Balaban J connectivity index is 2.06. The van der Waals surface area contributed by atoms with E-state index in [1.165, 1.54) is 19.3 Å². The number of ether oxygens (including phenoxy) is 2. The van der Waals surface area contributed by atoms with Gasteiger partial charge in [0.2, 0.25) is 5.91 Å². The van der Waals surface area contributed by atoms with Crippen molar-refractivity contribution >= 4 is 11.6 Å². The molecule has 0 aliphatic carbocycles. The van der Waals surface area contributed by atoms with Gasteiger partial charge in [-0.15, -0.1) is 0 Å². The van der Waals surface area contributed by atoms with Crippen molar-refractivity contribution in [2.45, 2.75) is 58.4 Å². The average molecular weight is 441 g/mol. The first-order valence-corrected chi connectivity index (χ1v) is 11.7. The summed E-state index contributed by atoms with van der Waals surface area (Å²) in [4.78, 5) is 17.2. The van der Waals surface area contributed by atoms with Gasteiger partial charge in [0.25, 0.3) is 0 Å². The van der Waals surface area contributed by atoms with Crippen LogP contribution in [0.3, 0.4) is 0 Å². The monoisotopic (exact) mass is 440 g/mol. The second kappa shape index (κ2) is 13.7. The third-order valence-corrected chi connectivity index (χ3v) is 5.79. The van der Waals surface area contributed by atoms with Crippen LogP contribution in [-0.4, -0.2) is 45.7 Å². The summed E-state index contributed by atoms with van der Waals surface area (Å²) in [5.41, 5.74) is 3.45. The van der Waals surface area contributed by atoms with Crippen LogP contribution in [0.5, 0.6) is 11.5 Å². The van der Waals surface area contributed by atoms with Crippen molar-refractivity contribution in [2.75, 3.05) is 39.8 Å². The Kier molecular flexibility index (Phi) is 10.9. The van der Waals surface area contributed by atoms with Gasteiger partial charge in [0.15, 0.2) is 11.5 Å². The molecule has 0 saturated heterocycles. The van der Waals surface area contributed by atoms with E-state index in [0.717, 1.165) is 47.6 Å². The molecule has 1 amide bonds. The molecule has 0 N–H and O–H groups in total. The number of hydrogen-bond acceptors (Lipinski definition) is 4. The summed E-state index contributed by atoms with van der Waals surface area (Å²) in [5, 5.41) is 0. The summed E-state index contributed by atoms with van der Waals surface area (Å²) >= 11 is 0. The minimum atomic E-state index is 0.235. The lowest BCUT2D eigenvalue weighted by Gasteiger charge is -2.24. The molecule has 2 rings (SSSR count). The molecule has 5 heteroatoms. The van der Waals surface area contributed by atoms with Crippen molar-refractivity contribution in [3.05, 3.63) is 53.6 Å². The minimum absolute atomic E-state index is 0.235. The molecule has 0 unspecified atom stereocenters. The highest BCUT2D eigenvalue weighted by Crippen LogP contribution is 2.28. The van der Waals surface area contributed by atoms with Crippen molar-refractivity contribution in [3.63, 3.8) is 0 Å². The Hall–Kier alpha value is -2.69. The normalized spacial score (nSPS) is 10.7. The number of carbonyl (C=O) groups excluding carboxylic acids is 1. The predicted molar refractivity (Wildman–Crippen MR) is 133 cm³/mol. The molecule has 2 aromatic carbocycles. The van der Waals surface area contributed by atoms with Crippen molar-refractivity contribution in [2.24, 2.45) is 0 Å². The molecule has 0 aliphatic heterocycles. The Morgan fingerprint density at radius 1 is 0.844 bits per heavy atom. The van der Waals surface area contributed by atoms with Crippen LogP contribution in [0.2, 0.25) is 0 Å². The van der Waals surface area contributed by atoms with E-state index in [1.54, 1.807) is 14.2 Å². The lowest BCUT2D eigenvalue weighted by molar-refractivity contribution is -0.131. The molecule has 0 aliphatic rings. The number of anilines is 1. The third-order valence-electron chi connectivity index (χ3n) is 5.79. The van der Waals surface area contributed by atoms with Gasteiger partial charge in [0.1, 0.15) is 0 Å². The van der Waals surface area contributed by atoms with Gasteiger partial charge >= 0.3 is 0 Å². The molecule has 0 saturated carbocycles. The van der Waals surface area contributed by atoms with E-state index in [9.17, 15) is 4.79 Å². The first kappa shape index (κ1) is 25.6. The van der Waals surface area contributed by atoms with Crippen LogP contribution in [0.4, 0.5) is 5.69 Å². The van der Waals surface area contributed by atoms with Crippen LogP contribution in [-0.2, 0) is 17.8 Å². The van der Waals surface area contributed by atoms with Crippen molar-refractivity contribution < 1.29 is 14.3 Å². The molecule has 0 heterocycles. The quantitative estimate of drug-likeness (QED) is 0.353. The van der Waals surface area contributed by atoms with E-state index in [1.807, 2.05) is 37.2 Å². The second-order valence-electron chi connectivity index (χ2n) is 8.48. The van der Waals surface area contributed by atoms with Gasteiger partial charge in [-0.2, -0.15) is 0 Å². The predicted octanol–water partition coefficient (Wildman–Crippen LogP) is 5.70. The van der Waals surface area contributed by atoms with E-state index in [-0.39, 0.29) is 5.91 Å². The zero-order chi connectivity index (χ0) is 23.3. The molecule has 0 atom stereocenters. The molecule has 0 radical (unpaired) electrons. The van der Waals surface area contributed by atoms with Gasteiger partial charge in [-0.25, -0.2) is 0 Å². The summed E-state index contributed by atoms with van der Waals surface area (Å²) in [7, 11) is 7.35. The standard InChI is InChI=1S/C27H40N2O3/c1-6-7-8-9-10-11-27(30)29(21-23-12-15-24(16-13-23)28(2)3)19-18-22-14-17-25(31-4)26(20-22)32-5/h12-17,20H,6-11,18-19,21H2,1-5H3. The van der Waals surface area contributed by atoms with Crippen LogP contribution in [0.1, 0.15) is 56.6 Å². The Morgan fingerprint density at radius 2 is 1.50 bits per heavy atom. The number of nitrogens with zero attached hydrogens (tertiary/aromatic N) is 2. The first-order valence-electron chi connectivity index (χ1n) is 11.7. The van der Waals surface area contributed by atoms with E-state index in [4.69, 9.17) is 9.47 Å². The van der Waals surface area contributed by atoms with Crippen molar-refractivity contribution in [1.29, 1.82) is 0 Å². The second-order valence-corrected chi connectivity index (χ2v) is 8.48. The fraction of sp³-hybridized carbons (Fsp3) is 0.519. The number of amides is 1. The van der Waals surface area contributed by atoms with Gasteiger partial charge in [0, 0.05) is 39.3 Å². The summed E-state index contributed by atoms with van der Waals surface area (Å²) in [6, 6.07) is 14.4. The molecule has 0 aromatic heterocycles. The molecule has 0 bridgehead atoms. The SMILES string of the molecule is CCCCCCCC(=O)N(CCc1ccc(OC)c(OC)c1)Cc1ccc(N(C)C)cc1. The maximum absolute atomic E-state index is 13.1. The van der Waals surface area contributed by atoms with Gasteiger partial charge in [-0.3, -0.25) is 4.79 Å². The van der Waals surface area contributed by atoms with Gasteiger partial charge in [0.05, 0.1) is 14.2 Å². The topological polar surface area (TPSA) is 42.0 Å². The molecular weight excluding hydrogens is 400 g/mol. The molecule has 0 spiro atoms. The lowest BCUT2D eigenvalue weighted by Crippen LogP contribution is -2.32. The molecule has 176 valence electrons. The molecular formula is C27H40N2O3. The zero-order valence-corrected chi connectivity index (χ0v) is 20.5. The first-order chi connectivity index (χ1) is 15.5. The number of benzene rings is 2. The number of methoxy groups -OCH3 is 2. The van der Waals surface area contributed by atoms with Crippen LogP contribution < -0.4 is 14.4 Å². The highest BCUT2D eigenvalue weighted by atomic mass is 16.5. The number of unbranched alkanes of at least 4 members (excludes halogenated alkanes) is 4. The van der Waals surface area contributed by atoms with E-state index >= 15 is 0 Å². The van der Waals surface area contributed by atoms with Gasteiger partial charge < -0.3 is 19.3 Å². The zero-order valence-electron chi connectivity index (χ0n) is 20.5. The van der Waals surface area contributed by atoms with Crippen LogP contribution in [0.25, 0.3) is 0 Å². The summed E-state index contributed by atoms with van der Waals surface area (Å²) in [6.45, 7) is 3.52. The van der Waals surface area contributed by atoms with E-state index in [2.05, 4.69) is 36.1 Å². The van der Waals surface area contributed by atoms with Crippen molar-refractivity contribution in [1.82, 2.24) is 4.90 Å². The van der Waals surface area contributed by atoms with Crippen LogP contribution in [0, 0.1) is 0 Å². The summed E-state index contributed by atoms with van der Waals surface area (Å²) in [5.74, 6) is 1.67. The highest BCUT2D eigenvalue weighted by molar-refractivity contribution is 5.76. The van der Waals surface area contributed by atoms with Crippen molar-refractivity contribution in [3.8, 4) is 11.5 Å². The lowest BCUT2D eigenvalue weighted by atomic mass is 10.1. The fourth-order valence-electron chi connectivity index (χ4n) is 3.75. The average Bonchev–Trinajstić information content (AvgIpc) is 2.81. The number of carbonyl (C=O) groups is 1. The van der Waals surface area contributed by atoms with E-state index < -0.39 is 0 Å². The largest absolute Gasteiger partial charge is 0.493 e. The maximum Gasteiger partial charge on any atom is 0.222 e. The smallest absolute Gasteiger partial charge is 0.222 e. The van der Waals surface area contributed by atoms with E-state index in [0.29, 0.717) is 19.5 Å². The molecule has 0 fully saturated rings. The highest BCUT2D eigenvalue weighted by Gasteiger charge is 2.15. The third kappa shape index (κ3) is 8.10. The molecule has 5 nitrogen and oxygen atoms in total. The van der Waals surface area contributed by atoms with Gasteiger partial charge in [-0.1, -0.05) is 50.8 Å². The fourth-order valence-corrected chi connectivity index (χ4v) is 3.75. The minimum Gasteiger partial charge on any atom is -0.493 e. The van der Waals surface area contributed by atoms with Gasteiger partial charge in [-0.05, 0) is 48.2 Å². The van der Waals surface area contributed by atoms with Crippen LogP contribution in [0.15, 0.2) is 42.5 Å². The molecule has 2 aromatic rings. The Bertz CT molecular complexity index is 818. The Labute approximate surface area is 194 Å². The molecule has 32 heavy (non-hydrogen) atoms.